The maximum Gasteiger partial charge on any atom is 0.336 e. The van der Waals surface area contributed by atoms with Gasteiger partial charge in [0, 0.05) is 16.6 Å². The van der Waals surface area contributed by atoms with Crippen molar-refractivity contribution in [3.05, 3.63) is 79.7 Å². The number of carbonyl (C=O) groups is 3. The van der Waals surface area contributed by atoms with Crippen LogP contribution < -0.4 is 29.2 Å². The van der Waals surface area contributed by atoms with E-state index in [4.69, 9.17) is 42.1 Å². The van der Waals surface area contributed by atoms with Crippen LogP contribution in [0.4, 0.5) is 10.5 Å². The van der Waals surface area contributed by atoms with Crippen LogP contribution in [0.25, 0.3) is 6.08 Å². The lowest BCUT2D eigenvalue weighted by atomic mass is 10.1. The van der Waals surface area contributed by atoms with Gasteiger partial charge in [0.2, 0.25) is 0 Å². The lowest BCUT2D eigenvalue weighted by Crippen LogP contribution is -2.54. The highest BCUT2D eigenvalue weighted by Crippen LogP contribution is 2.40. The maximum atomic E-state index is 13.5. The summed E-state index contributed by atoms with van der Waals surface area (Å²) in [6.45, 7) is 2.34. The highest BCUT2D eigenvalue weighted by Gasteiger charge is 2.38. The summed E-state index contributed by atoms with van der Waals surface area (Å²) in [5.41, 5.74) is 1.00. The van der Waals surface area contributed by atoms with E-state index in [9.17, 15) is 14.4 Å². The highest BCUT2D eigenvalue weighted by molar-refractivity contribution is 9.10. The van der Waals surface area contributed by atoms with E-state index in [-0.39, 0.29) is 39.4 Å². The van der Waals surface area contributed by atoms with Gasteiger partial charge in [0.1, 0.15) is 23.7 Å². The van der Waals surface area contributed by atoms with Crippen molar-refractivity contribution in [3.63, 3.8) is 0 Å². The lowest BCUT2D eigenvalue weighted by molar-refractivity contribution is -0.122. The van der Waals surface area contributed by atoms with Gasteiger partial charge in [-0.3, -0.25) is 14.9 Å². The van der Waals surface area contributed by atoms with Crippen LogP contribution in [0.1, 0.15) is 18.1 Å². The summed E-state index contributed by atoms with van der Waals surface area (Å²) in [6, 6.07) is 12.5. The van der Waals surface area contributed by atoms with Gasteiger partial charge in [0.25, 0.3) is 11.8 Å². The van der Waals surface area contributed by atoms with E-state index in [2.05, 4.69) is 21.2 Å². The molecule has 0 saturated carbocycles. The predicted molar refractivity (Wildman–Crippen MR) is 155 cm³/mol. The van der Waals surface area contributed by atoms with Gasteiger partial charge in [0.15, 0.2) is 11.5 Å². The molecule has 0 aromatic heterocycles. The molecule has 3 aromatic rings. The maximum absolute atomic E-state index is 13.5. The predicted octanol–water partition coefficient (Wildman–Crippen LogP) is 6.42. The molecule has 1 aliphatic heterocycles. The molecule has 9 nitrogen and oxygen atoms in total. The van der Waals surface area contributed by atoms with Crippen molar-refractivity contribution in [2.75, 3.05) is 25.7 Å². The summed E-state index contributed by atoms with van der Waals surface area (Å²) >= 11 is 16.1. The first-order chi connectivity index (χ1) is 19.2. The second kappa shape index (κ2) is 12.6. The standard InChI is InChI=1S/C28H23BrCl2N2O7/c1-4-39-24-11-16(10-20(31)25(24)40-14-15-5-7-17(29)8-6-15)9-18-26(34)32-28(36)33(27(18)35)21-13-22(37-2)19(30)12-23(21)38-3/h5-13H,4,14H2,1-3H3,(H,32,34,36)/b18-9+. The number of methoxy groups -OCH3 is 2. The number of hydrogen-bond acceptors (Lipinski definition) is 7. The molecule has 4 rings (SSSR count). The van der Waals surface area contributed by atoms with Gasteiger partial charge in [-0.1, -0.05) is 51.3 Å². The largest absolute Gasteiger partial charge is 0.495 e. The fourth-order valence-corrected chi connectivity index (χ4v) is 4.64. The third-order valence-electron chi connectivity index (χ3n) is 5.74. The Morgan fingerprint density at radius 2 is 1.60 bits per heavy atom. The molecule has 0 atom stereocenters. The second-order valence-corrected chi connectivity index (χ2v) is 10.0. The van der Waals surface area contributed by atoms with Crippen LogP contribution in [0.15, 0.2) is 58.6 Å². The molecule has 0 aliphatic carbocycles. The number of rotatable bonds is 9. The Kier molecular flexibility index (Phi) is 9.24. The minimum absolute atomic E-state index is 0.0365. The number of nitrogens with one attached hydrogen (secondary N) is 1. The van der Waals surface area contributed by atoms with Crippen molar-refractivity contribution in [2.45, 2.75) is 13.5 Å². The molecule has 0 spiro atoms. The smallest absolute Gasteiger partial charge is 0.336 e. The van der Waals surface area contributed by atoms with Crippen LogP contribution in [-0.2, 0) is 16.2 Å². The van der Waals surface area contributed by atoms with Gasteiger partial charge < -0.3 is 18.9 Å². The number of hydrogen-bond donors (Lipinski definition) is 1. The van der Waals surface area contributed by atoms with Gasteiger partial charge in [-0.15, -0.1) is 0 Å². The Bertz CT molecular complexity index is 1510. The van der Waals surface area contributed by atoms with Crippen molar-refractivity contribution in [1.29, 1.82) is 0 Å². The van der Waals surface area contributed by atoms with Crippen molar-refractivity contribution in [2.24, 2.45) is 0 Å². The zero-order chi connectivity index (χ0) is 29.0. The van der Waals surface area contributed by atoms with Crippen molar-refractivity contribution in [1.82, 2.24) is 5.32 Å². The molecular formula is C28H23BrCl2N2O7. The average molecular weight is 650 g/mol. The molecule has 1 N–H and O–H groups in total. The van der Waals surface area contributed by atoms with E-state index in [0.29, 0.717) is 23.7 Å². The number of anilines is 1. The van der Waals surface area contributed by atoms with Crippen molar-refractivity contribution in [3.8, 4) is 23.0 Å². The number of urea groups is 1. The quantitative estimate of drug-likeness (QED) is 0.211. The molecule has 40 heavy (non-hydrogen) atoms. The summed E-state index contributed by atoms with van der Waals surface area (Å²) in [4.78, 5) is 39.8. The Morgan fingerprint density at radius 1 is 0.900 bits per heavy atom. The minimum atomic E-state index is -0.959. The molecule has 0 radical (unpaired) electrons. The molecule has 1 saturated heterocycles. The highest BCUT2D eigenvalue weighted by atomic mass is 79.9. The normalized spacial score (nSPS) is 14.3. The lowest BCUT2D eigenvalue weighted by Gasteiger charge is -2.28. The van der Waals surface area contributed by atoms with Crippen LogP contribution in [0.3, 0.4) is 0 Å². The number of halogens is 3. The van der Waals surface area contributed by atoms with Crippen molar-refractivity contribution < 1.29 is 33.3 Å². The van der Waals surface area contributed by atoms with Gasteiger partial charge in [-0.05, 0) is 48.4 Å². The number of amides is 4. The molecule has 1 aliphatic rings. The number of benzene rings is 3. The van der Waals surface area contributed by atoms with Gasteiger partial charge >= 0.3 is 6.03 Å². The Balaban J connectivity index is 1.70. The van der Waals surface area contributed by atoms with E-state index in [1.54, 1.807) is 13.0 Å². The Labute approximate surface area is 248 Å². The molecule has 0 bridgehead atoms. The third kappa shape index (κ3) is 6.19. The van der Waals surface area contributed by atoms with Gasteiger partial charge in [-0.25, -0.2) is 9.69 Å². The van der Waals surface area contributed by atoms with Crippen LogP contribution in [-0.4, -0.2) is 38.7 Å². The number of imide groups is 2. The van der Waals surface area contributed by atoms with E-state index in [1.165, 1.54) is 38.5 Å². The van der Waals surface area contributed by atoms with E-state index >= 15 is 0 Å². The molecule has 208 valence electrons. The number of barbiturate groups is 1. The number of ether oxygens (including phenoxy) is 4. The summed E-state index contributed by atoms with van der Waals surface area (Å²) < 4.78 is 23.2. The molecule has 0 unspecified atom stereocenters. The van der Waals surface area contributed by atoms with E-state index in [1.807, 2.05) is 24.3 Å². The monoisotopic (exact) mass is 648 g/mol. The summed E-state index contributed by atoms with van der Waals surface area (Å²) in [7, 11) is 2.74. The molecule has 1 fully saturated rings. The fourth-order valence-electron chi connectivity index (χ4n) is 3.87. The molecular weight excluding hydrogens is 627 g/mol. The summed E-state index contributed by atoms with van der Waals surface area (Å²) in [6.07, 6.45) is 1.31. The van der Waals surface area contributed by atoms with Crippen molar-refractivity contribution >= 4 is 68.7 Å². The van der Waals surface area contributed by atoms with Crippen LogP contribution in [0, 0.1) is 0 Å². The van der Waals surface area contributed by atoms with Crippen LogP contribution >= 0.6 is 39.1 Å². The van der Waals surface area contributed by atoms with Crippen LogP contribution in [0.2, 0.25) is 10.0 Å². The topological polar surface area (TPSA) is 103 Å². The Morgan fingerprint density at radius 3 is 2.25 bits per heavy atom. The minimum Gasteiger partial charge on any atom is -0.495 e. The average Bonchev–Trinajstić information content (AvgIpc) is 2.92. The van der Waals surface area contributed by atoms with Gasteiger partial charge in [0.05, 0.1) is 36.6 Å². The Hall–Kier alpha value is -3.73. The zero-order valence-electron chi connectivity index (χ0n) is 21.5. The summed E-state index contributed by atoms with van der Waals surface area (Å²) in [5.74, 6) is -0.816. The van der Waals surface area contributed by atoms with Gasteiger partial charge in [-0.2, -0.15) is 0 Å². The number of carbonyl (C=O) groups excluding carboxylic acids is 3. The first-order valence-electron chi connectivity index (χ1n) is 11.8. The first kappa shape index (κ1) is 29.3. The fraction of sp³-hybridized carbons (Fsp3) is 0.179. The first-order valence-corrected chi connectivity index (χ1v) is 13.4. The molecule has 1 heterocycles. The molecule has 12 heteroatoms. The molecule has 3 aromatic carbocycles. The number of nitrogens with zero attached hydrogens (tertiary/aromatic N) is 1. The third-order valence-corrected chi connectivity index (χ3v) is 6.84. The SMILES string of the molecule is CCOc1cc(/C=C2\C(=O)NC(=O)N(c3cc(OC)c(Cl)cc3OC)C2=O)cc(Cl)c1OCc1ccc(Br)cc1. The van der Waals surface area contributed by atoms with Crippen LogP contribution in [0.5, 0.6) is 23.0 Å². The van der Waals surface area contributed by atoms with E-state index < -0.39 is 17.8 Å². The zero-order valence-corrected chi connectivity index (χ0v) is 24.6. The van der Waals surface area contributed by atoms with E-state index in [0.717, 1.165) is 14.9 Å². The second-order valence-electron chi connectivity index (χ2n) is 8.29. The summed E-state index contributed by atoms with van der Waals surface area (Å²) in [5, 5.41) is 2.59. The molecule has 4 amide bonds.